The molecule has 0 saturated heterocycles. The summed E-state index contributed by atoms with van der Waals surface area (Å²) in [4.78, 5) is 8.77. The average molecular weight is 282 g/mol. The number of benzene rings is 2. The van der Waals surface area contributed by atoms with Gasteiger partial charge in [0.05, 0.1) is 6.10 Å². The SMILES string of the molecule is Cc1nc(-c2ccc(F)c3ccccc23)ncc1C(C)O. The first-order chi connectivity index (χ1) is 10.1. The number of aromatic nitrogens is 2. The highest BCUT2D eigenvalue weighted by Crippen LogP contribution is 2.29. The Balaban J connectivity index is 2.22. The molecule has 1 heterocycles. The summed E-state index contributed by atoms with van der Waals surface area (Å²) in [5.41, 5.74) is 2.21. The molecule has 2 aromatic carbocycles. The van der Waals surface area contributed by atoms with Crippen molar-refractivity contribution < 1.29 is 9.50 Å². The molecule has 1 atom stereocenters. The number of aryl methyl sites for hydroxylation is 1. The maximum absolute atomic E-state index is 13.9. The van der Waals surface area contributed by atoms with Crippen LogP contribution in [0.15, 0.2) is 42.6 Å². The van der Waals surface area contributed by atoms with Gasteiger partial charge in [-0.05, 0) is 31.4 Å². The van der Waals surface area contributed by atoms with Crippen molar-refractivity contribution in [1.29, 1.82) is 0 Å². The quantitative estimate of drug-likeness (QED) is 0.777. The van der Waals surface area contributed by atoms with E-state index in [1.165, 1.54) is 6.07 Å². The molecular formula is C17H15FN2O. The van der Waals surface area contributed by atoms with Gasteiger partial charge < -0.3 is 5.11 Å². The van der Waals surface area contributed by atoms with E-state index in [0.717, 1.165) is 16.6 Å². The second kappa shape index (κ2) is 5.22. The lowest BCUT2D eigenvalue weighted by molar-refractivity contribution is 0.197. The number of fused-ring (bicyclic) bond motifs is 1. The first-order valence-corrected chi connectivity index (χ1v) is 6.77. The van der Waals surface area contributed by atoms with Crippen LogP contribution in [0, 0.1) is 12.7 Å². The minimum atomic E-state index is -0.607. The molecule has 1 unspecified atom stereocenters. The Bertz CT molecular complexity index is 815. The maximum atomic E-state index is 13.9. The summed E-state index contributed by atoms with van der Waals surface area (Å²) in [5, 5.41) is 11.0. The maximum Gasteiger partial charge on any atom is 0.160 e. The smallest absolute Gasteiger partial charge is 0.160 e. The predicted molar refractivity (Wildman–Crippen MR) is 80.3 cm³/mol. The van der Waals surface area contributed by atoms with Crippen LogP contribution in [0.4, 0.5) is 4.39 Å². The Morgan fingerprint density at radius 3 is 2.48 bits per heavy atom. The van der Waals surface area contributed by atoms with Crippen LogP contribution in [-0.4, -0.2) is 15.1 Å². The standard InChI is InChI=1S/C17H15FN2O/c1-10-15(11(2)21)9-19-17(20-10)14-7-8-16(18)13-6-4-3-5-12(13)14/h3-9,11,21H,1-2H3. The number of rotatable bonds is 2. The lowest BCUT2D eigenvalue weighted by atomic mass is 10.0. The second-order valence-electron chi connectivity index (χ2n) is 5.05. The number of hydrogen-bond donors (Lipinski definition) is 1. The van der Waals surface area contributed by atoms with Gasteiger partial charge >= 0.3 is 0 Å². The van der Waals surface area contributed by atoms with Crippen LogP contribution >= 0.6 is 0 Å². The van der Waals surface area contributed by atoms with Crippen molar-refractivity contribution in [2.75, 3.05) is 0 Å². The molecular weight excluding hydrogens is 267 g/mol. The molecule has 1 N–H and O–H groups in total. The fourth-order valence-electron chi connectivity index (χ4n) is 2.47. The third kappa shape index (κ3) is 2.38. The number of hydrogen-bond acceptors (Lipinski definition) is 3. The van der Waals surface area contributed by atoms with Crippen molar-refractivity contribution in [2.45, 2.75) is 20.0 Å². The van der Waals surface area contributed by atoms with Crippen molar-refractivity contribution in [1.82, 2.24) is 9.97 Å². The van der Waals surface area contributed by atoms with Crippen LogP contribution in [0.1, 0.15) is 24.3 Å². The Hall–Kier alpha value is -2.33. The molecule has 0 aliphatic heterocycles. The summed E-state index contributed by atoms with van der Waals surface area (Å²) >= 11 is 0. The van der Waals surface area contributed by atoms with E-state index in [1.807, 2.05) is 19.1 Å². The van der Waals surface area contributed by atoms with E-state index >= 15 is 0 Å². The van der Waals surface area contributed by atoms with Gasteiger partial charge in [-0.2, -0.15) is 0 Å². The van der Waals surface area contributed by atoms with Crippen LogP contribution < -0.4 is 0 Å². The lowest BCUT2D eigenvalue weighted by Gasteiger charge is -2.11. The summed E-state index contributed by atoms with van der Waals surface area (Å²) in [6.07, 6.45) is 1.02. The molecule has 0 amide bonds. The van der Waals surface area contributed by atoms with Gasteiger partial charge in [0.2, 0.25) is 0 Å². The Labute approximate surface area is 122 Å². The third-order valence-electron chi connectivity index (χ3n) is 3.58. The Kier molecular flexibility index (Phi) is 3.39. The normalized spacial score (nSPS) is 12.6. The van der Waals surface area contributed by atoms with E-state index in [2.05, 4.69) is 9.97 Å². The van der Waals surface area contributed by atoms with E-state index in [-0.39, 0.29) is 5.82 Å². The molecule has 0 fully saturated rings. The largest absolute Gasteiger partial charge is 0.389 e. The summed E-state index contributed by atoms with van der Waals surface area (Å²) in [7, 11) is 0. The zero-order valence-electron chi connectivity index (χ0n) is 11.8. The summed E-state index contributed by atoms with van der Waals surface area (Å²) in [5.74, 6) is 0.278. The highest BCUT2D eigenvalue weighted by atomic mass is 19.1. The van der Waals surface area contributed by atoms with Crippen LogP contribution in [0.5, 0.6) is 0 Å². The van der Waals surface area contributed by atoms with Crippen molar-refractivity contribution in [3.05, 3.63) is 59.7 Å². The lowest BCUT2D eigenvalue weighted by Crippen LogP contribution is -2.01. The van der Waals surface area contributed by atoms with Crippen molar-refractivity contribution in [3.8, 4) is 11.4 Å². The monoisotopic (exact) mass is 282 g/mol. The van der Waals surface area contributed by atoms with Gasteiger partial charge in [0.15, 0.2) is 5.82 Å². The van der Waals surface area contributed by atoms with E-state index in [0.29, 0.717) is 16.8 Å². The fourth-order valence-corrected chi connectivity index (χ4v) is 2.47. The first kappa shape index (κ1) is 13.6. The molecule has 3 rings (SSSR count). The molecule has 0 aliphatic carbocycles. The zero-order valence-corrected chi connectivity index (χ0v) is 11.8. The Morgan fingerprint density at radius 1 is 1.10 bits per heavy atom. The van der Waals surface area contributed by atoms with Gasteiger partial charge in [-0.1, -0.05) is 24.3 Å². The van der Waals surface area contributed by atoms with Gasteiger partial charge in [0, 0.05) is 28.4 Å². The topological polar surface area (TPSA) is 46.0 Å². The fraction of sp³-hybridized carbons (Fsp3) is 0.176. The number of halogens is 1. The van der Waals surface area contributed by atoms with E-state index in [1.54, 1.807) is 31.3 Å². The van der Waals surface area contributed by atoms with Crippen molar-refractivity contribution in [2.24, 2.45) is 0 Å². The molecule has 0 saturated carbocycles. The second-order valence-corrected chi connectivity index (χ2v) is 5.05. The van der Waals surface area contributed by atoms with Gasteiger partial charge in [0.1, 0.15) is 5.82 Å². The molecule has 0 spiro atoms. The molecule has 0 aliphatic rings. The summed E-state index contributed by atoms with van der Waals surface area (Å²) < 4.78 is 13.9. The predicted octanol–water partition coefficient (Wildman–Crippen LogP) is 3.80. The minimum Gasteiger partial charge on any atom is -0.389 e. The highest BCUT2D eigenvalue weighted by molar-refractivity contribution is 5.95. The number of nitrogens with zero attached hydrogens (tertiary/aromatic N) is 2. The molecule has 3 nitrogen and oxygen atoms in total. The Morgan fingerprint density at radius 2 is 1.81 bits per heavy atom. The van der Waals surface area contributed by atoms with Crippen molar-refractivity contribution >= 4 is 10.8 Å². The summed E-state index contributed by atoms with van der Waals surface area (Å²) in [6.45, 7) is 3.51. The minimum absolute atomic E-state index is 0.258. The van der Waals surface area contributed by atoms with E-state index < -0.39 is 6.10 Å². The summed E-state index contributed by atoms with van der Waals surface area (Å²) in [6, 6.07) is 10.4. The zero-order chi connectivity index (χ0) is 15.0. The van der Waals surface area contributed by atoms with Crippen LogP contribution in [0.3, 0.4) is 0 Å². The van der Waals surface area contributed by atoms with Crippen LogP contribution in [-0.2, 0) is 0 Å². The van der Waals surface area contributed by atoms with Gasteiger partial charge in [-0.25, -0.2) is 14.4 Å². The van der Waals surface area contributed by atoms with Crippen LogP contribution in [0.25, 0.3) is 22.2 Å². The molecule has 3 aromatic rings. The van der Waals surface area contributed by atoms with E-state index in [9.17, 15) is 9.50 Å². The number of aliphatic hydroxyl groups excluding tert-OH is 1. The molecule has 1 aromatic heterocycles. The van der Waals surface area contributed by atoms with Crippen molar-refractivity contribution in [3.63, 3.8) is 0 Å². The molecule has 0 radical (unpaired) electrons. The van der Waals surface area contributed by atoms with Gasteiger partial charge in [-0.3, -0.25) is 0 Å². The van der Waals surface area contributed by atoms with Gasteiger partial charge in [-0.15, -0.1) is 0 Å². The average Bonchev–Trinajstić information content (AvgIpc) is 2.47. The molecule has 4 heteroatoms. The van der Waals surface area contributed by atoms with E-state index in [4.69, 9.17) is 0 Å². The van der Waals surface area contributed by atoms with Gasteiger partial charge in [0.25, 0.3) is 0 Å². The molecule has 106 valence electrons. The molecule has 0 bridgehead atoms. The third-order valence-corrected chi connectivity index (χ3v) is 3.58. The number of aliphatic hydroxyl groups is 1. The first-order valence-electron chi connectivity index (χ1n) is 6.77. The molecule has 21 heavy (non-hydrogen) atoms. The van der Waals surface area contributed by atoms with Crippen LogP contribution in [0.2, 0.25) is 0 Å². The highest BCUT2D eigenvalue weighted by Gasteiger charge is 2.12.